The summed E-state index contributed by atoms with van der Waals surface area (Å²) in [4.78, 5) is 35.6. The summed E-state index contributed by atoms with van der Waals surface area (Å²) in [6, 6.07) is 0. The molecular weight excluding hydrogens is 359 g/mol. The van der Waals surface area contributed by atoms with Crippen molar-refractivity contribution in [2.45, 2.75) is 27.7 Å². The number of hydrogen-bond acceptors (Lipinski definition) is 8. The molecule has 10 nitrogen and oxygen atoms in total. The van der Waals surface area contributed by atoms with Gasteiger partial charge in [-0.05, 0) is 27.7 Å². The average Bonchev–Trinajstić information content (AvgIpc) is 1.76. The van der Waals surface area contributed by atoms with Crippen molar-refractivity contribution in [1.29, 1.82) is 0 Å². The zero-order chi connectivity index (χ0) is 14.3. The average molecular weight is 375 g/mol. The molecule has 0 unspecified atom stereocenters. The van der Waals surface area contributed by atoms with Gasteiger partial charge < -0.3 is 50.6 Å². The topological polar surface area (TPSA) is 224 Å². The van der Waals surface area contributed by atoms with E-state index >= 15 is 0 Å². The van der Waals surface area contributed by atoms with Gasteiger partial charge in [0.2, 0.25) is 0 Å². The van der Waals surface area contributed by atoms with E-state index in [1.165, 1.54) is 0 Å². The number of carboxylic acids is 4. The summed E-state index contributed by atoms with van der Waals surface area (Å²) >= 11 is 0. The van der Waals surface area contributed by atoms with Crippen LogP contribution in [-0.4, -0.2) is 34.8 Å². The Labute approximate surface area is 122 Å². The van der Waals surface area contributed by atoms with Gasteiger partial charge in [-0.2, -0.15) is 0 Å². The molecule has 19 heavy (non-hydrogen) atoms. The molecule has 0 saturated heterocycles. The van der Waals surface area contributed by atoms with Crippen molar-refractivity contribution < 1.29 is 70.0 Å². The third kappa shape index (κ3) is 1370. The molecule has 11 heteroatoms. The number of hydrogen-bond donors (Lipinski definition) is 0. The van der Waals surface area contributed by atoms with Gasteiger partial charge >= 0.3 is 0 Å². The molecule has 0 atom stereocenters. The quantitative estimate of drug-likeness (QED) is 0.369. The molecule has 0 heterocycles. The van der Waals surface area contributed by atoms with Crippen LogP contribution in [0.25, 0.3) is 0 Å². The van der Waals surface area contributed by atoms with E-state index in [0.717, 1.165) is 27.7 Å². The van der Waals surface area contributed by atoms with Crippen LogP contribution in [0.5, 0.6) is 0 Å². The Balaban J connectivity index is -0.0000000192. The molecule has 0 saturated carbocycles. The molecule has 1 radical (unpaired) electrons. The van der Waals surface area contributed by atoms with Crippen LogP contribution in [0.2, 0.25) is 0 Å². The number of aliphatic carboxylic acids is 4. The molecule has 0 aliphatic carbocycles. The predicted octanol–water partition coefficient (Wildman–Crippen LogP) is -6.63. The van der Waals surface area contributed by atoms with Crippen LogP contribution in [0.15, 0.2) is 0 Å². The number of carboxylic acid groups (broad SMARTS) is 4. The van der Waals surface area contributed by atoms with E-state index in [1.54, 1.807) is 0 Å². The van der Waals surface area contributed by atoms with E-state index in [2.05, 4.69) is 0 Å². The third-order valence-corrected chi connectivity index (χ3v) is 0. The predicted molar refractivity (Wildman–Crippen MR) is 50.0 cm³/mol. The second-order valence-electron chi connectivity index (χ2n) is 1.97. The largest absolute Gasteiger partial charge is 0.550 e. The summed E-state index contributed by atoms with van der Waals surface area (Å²) in [6.45, 7) is 3.89. The molecule has 0 bridgehead atoms. The third-order valence-electron chi connectivity index (χ3n) is 0. The Kier molecular flexibility index (Phi) is 81.9. The van der Waals surface area contributed by atoms with Crippen LogP contribution in [0.3, 0.4) is 0 Å². The SMILES string of the molecule is CC(=O)[O-].CC(=O)[O-].CC(=O)[O-].CC(=O)[O-].O.O.[Rh]. The van der Waals surface area contributed by atoms with Gasteiger partial charge in [-0.3, -0.25) is 0 Å². The van der Waals surface area contributed by atoms with Crippen LogP contribution >= 0.6 is 0 Å². The first-order valence-electron chi connectivity index (χ1n) is 3.63. The minimum absolute atomic E-state index is 0. The van der Waals surface area contributed by atoms with E-state index < -0.39 is 23.9 Å². The summed E-state index contributed by atoms with van der Waals surface area (Å²) in [6.07, 6.45) is 0. The van der Waals surface area contributed by atoms with E-state index in [9.17, 15) is 0 Å². The van der Waals surface area contributed by atoms with Gasteiger partial charge in [0, 0.05) is 43.4 Å². The Morgan fingerprint density at radius 3 is 0.526 bits per heavy atom. The van der Waals surface area contributed by atoms with Crippen LogP contribution in [0.1, 0.15) is 27.7 Å². The molecular formula is C8H16O10Rh-4. The van der Waals surface area contributed by atoms with Crippen molar-refractivity contribution >= 4 is 23.9 Å². The first-order chi connectivity index (χ1) is 6.93. The van der Waals surface area contributed by atoms with Crippen molar-refractivity contribution in [1.82, 2.24) is 0 Å². The number of carbonyl (C=O) groups excluding carboxylic acids is 4. The van der Waals surface area contributed by atoms with E-state index in [4.69, 9.17) is 39.6 Å². The zero-order valence-corrected chi connectivity index (χ0v) is 12.2. The van der Waals surface area contributed by atoms with Crippen molar-refractivity contribution in [3.63, 3.8) is 0 Å². The molecule has 121 valence electrons. The fourth-order valence-corrected chi connectivity index (χ4v) is 0. The van der Waals surface area contributed by atoms with Gasteiger partial charge in [0.05, 0.1) is 0 Å². The molecule has 0 aromatic carbocycles. The molecule has 0 aliphatic heterocycles. The zero-order valence-electron chi connectivity index (χ0n) is 10.6. The Morgan fingerprint density at radius 2 is 0.526 bits per heavy atom. The molecule has 0 rings (SSSR count). The number of carbonyl (C=O) groups is 4. The minimum atomic E-state index is -1.08. The Morgan fingerprint density at radius 1 is 0.526 bits per heavy atom. The maximum absolute atomic E-state index is 8.89. The second-order valence-corrected chi connectivity index (χ2v) is 1.97. The summed E-state index contributed by atoms with van der Waals surface area (Å²) in [5.74, 6) is -4.33. The first-order valence-corrected chi connectivity index (χ1v) is 3.63. The van der Waals surface area contributed by atoms with Gasteiger partial charge in [0.15, 0.2) is 0 Å². The van der Waals surface area contributed by atoms with Crippen LogP contribution in [0, 0.1) is 0 Å². The molecule has 0 fully saturated rings. The maximum Gasteiger partial charge on any atom is 0.0383 e. The van der Waals surface area contributed by atoms with Crippen molar-refractivity contribution in [2.24, 2.45) is 0 Å². The van der Waals surface area contributed by atoms with Crippen molar-refractivity contribution in [3.8, 4) is 0 Å². The van der Waals surface area contributed by atoms with Crippen LogP contribution in [-0.2, 0) is 38.7 Å². The molecule has 0 amide bonds. The Hall–Kier alpha value is -1.58. The van der Waals surface area contributed by atoms with Gasteiger partial charge in [-0.25, -0.2) is 0 Å². The Bertz CT molecular complexity index is 164. The van der Waals surface area contributed by atoms with E-state index in [-0.39, 0.29) is 30.4 Å². The van der Waals surface area contributed by atoms with Gasteiger partial charge in [-0.15, -0.1) is 0 Å². The van der Waals surface area contributed by atoms with Crippen LogP contribution < -0.4 is 20.4 Å². The van der Waals surface area contributed by atoms with Gasteiger partial charge in [0.25, 0.3) is 0 Å². The maximum atomic E-state index is 8.89. The van der Waals surface area contributed by atoms with Crippen molar-refractivity contribution in [3.05, 3.63) is 0 Å². The summed E-state index contributed by atoms with van der Waals surface area (Å²) in [5, 5.41) is 35.6. The fraction of sp³-hybridized carbons (Fsp3) is 0.500. The summed E-state index contributed by atoms with van der Waals surface area (Å²) in [7, 11) is 0. The van der Waals surface area contributed by atoms with Gasteiger partial charge in [-0.1, -0.05) is 0 Å². The first kappa shape index (κ1) is 43.3. The van der Waals surface area contributed by atoms with E-state index in [0.29, 0.717) is 0 Å². The molecule has 0 aromatic heterocycles. The summed E-state index contributed by atoms with van der Waals surface area (Å²) in [5.41, 5.74) is 0. The minimum Gasteiger partial charge on any atom is -0.550 e. The normalized spacial score (nSPS) is 5.26. The monoisotopic (exact) mass is 375 g/mol. The standard InChI is InChI=1S/4C2H4O2.2H2O.Rh/c4*1-2(3)4;;;/h4*1H3,(H,3,4);2*1H2;/p-4. The molecule has 4 N–H and O–H groups in total. The van der Waals surface area contributed by atoms with E-state index in [1.807, 2.05) is 0 Å². The molecule has 0 spiro atoms. The van der Waals surface area contributed by atoms with Gasteiger partial charge in [0.1, 0.15) is 0 Å². The molecule has 0 aliphatic rings. The van der Waals surface area contributed by atoms with Crippen LogP contribution in [0.4, 0.5) is 0 Å². The summed E-state index contributed by atoms with van der Waals surface area (Å²) < 4.78 is 0. The molecule has 0 aromatic rings. The van der Waals surface area contributed by atoms with Crippen molar-refractivity contribution in [2.75, 3.05) is 0 Å². The smallest absolute Gasteiger partial charge is 0.0383 e. The fourth-order valence-electron chi connectivity index (χ4n) is 0. The number of rotatable bonds is 0. The second kappa shape index (κ2) is 36.0.